The minimum absolute atomic E-state index is 0.136. The molecule has 92 valence electrons. The molecule has 3 nitrogen and oxygen atoms in total. The van der Waals surface area contributed by atoms with Crippen LogP contribution in [0, 0.1) is 5.41 Å². The summed E-state index contributed by atoms with van der Waals surface area (Å²) in [4.78, 5) is 2.36. The van der Waals surface area contributed by atoms with Gasteiger partial charge in [-0.2, -0.15) is 0 Å². The van der Waals surface area contributed by atoms with Crippen LogP contribution in [0.5, 0.6) is 0 Å². The van der Waals surface area contributed by atoms with E-state index in [-0.39, 0.29) is 5.84 Å². The highest BCUT2D eigenvalue weighted by Gasteiger charge is 2.18. The molecule has 0 saturated heterocycles. The summed E-state index contributed by atoms with van der Waals surface area (Å²) in [6, 6.07) is 8.65. The van der Waals surface area contributed by atoms with Crippen molar-refractivity contribution in [1.82, 2.24) is 0 Å². The van der Waals surface area contributed by atoms with E-state index in [0.29, 0.717) is 6.04 Å². The van der Waals surface area contributed by atoms with Gasteiger partial charge in [0.15, 0.2) is 0 Å². The summed E-state index contributed by atoms with van der Waals surface area (Å²) in [5.41, 5.74) is 7.47. The number of hydrogen-bond acceptors (Lipinski definition) is 2. The number of nitrogens with one attached hydrogen (secondary N) is 1. The first-order chi connectivity index (χ1) is 8.18. The second-order valence-corrected chi connectivity index (χ2v) is 4.86. The molecule has 0 radical (unpaired) electrons. The van der Waals surface area contributed by atoms with Crippen molar-refractivity contribution in [3.63, 3.8) is 0 Å². The lowest BCUT2D eigenvalue weighted by molar-refractivity contribution is 0.427. The van der Waals surface area contributed by atoms with Gasteiger partial charge in [-0.05, 0) is 37.1 Å². The van der Waals surface area contributed by atoms with Crippen LogP contribution < -0.4 is 10.6 Å². The summed E-state index contributed by atoms with van der Waals surface area (Å²) >= 11 is 0. The molecule has 0 aromatic heterocycles. The summed E-state index contributed by atoms with van der Waals surface area (Å²) in [5.74, 6) is 0.136. The van der Waals surface area contributed by atoms with E-state index in [1.807, 2.05) is 12.1 Å². The summed E-state index contributed by atoms with van der Waals surface area (Å²) in [5, 5.41) is 7.37. The van der Waals surface area contributed by atoms with E-state index in [0.717, 1.165) is 5.56 Å². The number of nitrogen functional groups attached to an aromatic ring is 1. The Morgan fingerprint density at radius 1 is 1.18 bits per heavy atom. The lowest BCUT2D eigenvalue weighted by Crippen LogP contribution is -2.33. The lowest BCUT2D eigenvalue weighted by atomic mass is 9.94. The van der Waals surface area contributed by atoms with Crippen molar-refractivity contribution in [2.75, 3.05) is 11.9 Å². The minimum atomic E-state index is 0.136. The Morgan fingerprint density at radius 2 is 1.76 bits per heavy atom. The average Bonchev–Trinajstić information content (AvgIpc) is 2.39. The van der Waals surface area contributed by atoms with Crippen LogP contribution in [-0.2, 0) is 0 Å². The van der Waals surface area contributed by atoms with Crippen molar-refractivity contribution >= 4 is 11.5 Å². The number of hydrogen-bond donors (Lipinski definition) is 2. The molecule has 1 aliphatic carbocycles. The van der Waals surface area contributed by atoms with E-state index in [2.05, 4.69) is 24.1 Å². The maximum absolute atomic E-state index is 7.37. The van der Waals surface area contributed by atoms with Crippen molar-refractivity contribution in [2.45, 2.75) is 38.1 Å². The molecule has 1 fully saturated rings. The van der Waals surface area contributed by atoms with Crippen LogP contribution in [0.15, 0.2) is 24.3 Å². The molecule has 3 N–H and O–H groups in total. The lowest BCUT2D eigenvalue weighted by Gasteiger charge is -2.33. The Bertz CT molecular complexity index is 377. The molecule has 0 unspecified atom stereocenters. The standard InChI is InChI=1S/C14H21N3/c1-17(12-5-3-2-4-6-12)13-9-7-11(8-10-13)14(15)16/h7-10,12H,2-6H2,1H3,(H3,15,16). The van der Waals surface area contributed by atoms with Crippen molar-refractivity contribution < 1.29 is 0 Å². The van der Waals surface area contributed by atoms with E-state index in [1.165, 1.54) is 37.8 Å². The highest BCUT2D eigenvalue weighted by molar-refractivity contribution is 5.95. The average molecular weight is 231 g/mol. The molecule has 0 aliphatic heterocycles. The molecule has 0 heterocycles. The Morgan fingerprint density at radius 3 is 2.29 bits per heavy atom. The quantitative estimate of drug-likeness (QED) is 0.621. The van der Waals surface area contributed by atoms with Crippen LogP contribution >= 0.6 is 0 Å². The Balaban J connectivity index is 2.07. The third kappa shape index (κ3) is 2.78. The van der Waals surface area contributed by atoms with Crippen molar-refractivity contribution in [3.05, 3.63) is 29.8 Å². The van der Waals surface area contributed by atoms with Gasteiger partial charge in [0.05, 0.1) is 0 Å². The van der Waals surface area contributed by atoms with Crippen LogP contribution in [0.1, 0.15) is 37.7 Å². The minimum Gasteiger partial charge on any atom is -0.384 e. The largest absolute Gasteiger partial charge is 0.384 e. The zero-order chi connectivity index (χ0) is 12.3. The van der Waals surface area contributed by atoms with E-state index in [1.54, 1.807) is 0 Å². The fraction of sp³-hybridized carbons (Fsp3) is 0.500. The second kappa shape index (κ2) is 5.21. The highest BCUT2D eigenvalue weighted by Crippen LogP contribution is 2.26. The molecule has 1 aromatic carbocycles. The third-order valence-electron chi connectivity index (χ3n) is 3.71. The van der Waals surface area contributed by atoms with Gasteiger partial charge in [0, 0.05) is 24.3 Å². The van der Waals surface area contributed by atoms with Crippen molar-refractivity contribution in [3.8, 4) is 0 Å². The normalized spacial score (nSPS) is 16.8. The predicted molar refractivity (Wildman–Crippen MR) is 72.7 cm³/mol. The van der Waals surface area contributed by atoms with Crippen LogP contribution in [-0.4, -0.2) is 18.9 Å². The molecular weight excluding hydrogens is 210 g/mol. The van der Waals surface area contributed by atoms with Crippen molar-refractivity contribution in [1.29, 1.82) is 5.41 Å². The van der Waals surface area contributed by atoms with Gasteiger partial charge in [-0.3, -0.25) is 5.41 Å². The van der Waals surface area contributed by atoms with Crippen LogP contribution in [0.3, 0.4) is 0 Å². The zero-order valence-corrected chi connectivity index (χ0v) is 10.4. The summed E-state index contributed by atoms with van der Waals surface area (Å²) in [6.07, 6.45) is 6.67. The predicted octanol–water partition coefficient (Wildman–Crippen LogP) is 2.74. The first-order valence-corrected chi connectivity index (χ1v) is 6.36. The van der Waals surface area contributed by atoms with Gasteiger partial charge in [-0.1, -0.05) is 19.3 Å². The molecule has 1 saturated carbocycles. The monoisotopic (exact) mass is 231 g/mol. The maximum Gasteiger partial charge on any atom is 0.122 e. The van der Waals surface area contributed by atoms with Gasteiger partial charge in [-0.15, -0.1) is 0 Å². The molecule has 0 atom stereocenters. The van der Waals surface area contributed by atoms with E-state index in [4.69, 9.17) is 11.1 Å². The second-order valence-electron chi connectivity index (χ2n) is 4.86. The number of nitrogens with zero attached hydrogens (tertiary/aromatic N) is 1. The molecule has 0 bridgehead atoms. The van der Waals surface area contributed by atoms with E-state index in [9.17, 15) is 0 Å². The van der Waals surface area contributed by atoms with Crippen LogP contribution in [0.25, 0.3) is 0 Å². The Hall–Kier alpha value is -1.51. The Labute approximate surface area is 103 Å². The third-order valence-corrected chi connectivity index (χ3v) is 3.71. The molecule has 2 rings (SSSR count). The van der Waals surface area contributed by atoms with Gasteiger partial charge in [0.2, 0.25) is 0 Å². The van der Waals surface area contributed by atoms with Gasteiger partial charge in [0.25, 0.3) is 0 Å². The fourth-order valence-corrected chi connectivity index (χ4v) is 2.56. The van der Waals surface area contributed by atoms with Gasteiger partial charge < -0.3 is 10.6 Å². The Kier molecular flexibility index (Phi) is 3.67. The zero-order valence-electron chi connectivity index (χ0n) is 10.4. The van der Waals surface area contributed by atoms with E-state index >= 15 is 0 Å². The summed E-state index contributed by atoms with van der Waals surface area (Å²) in [6.45, 7) is 0. The van der Waals surface area contributed by atoms with E-state index < -0.39 is 0 Å². The molecule has 0 spiro atoms. The van der Waals surface area contributed by atoms with Crippen molar-refractivity contribution in [2.24, 2.45) is 5.73 Å². The van der Waals surface area contributed by atoms with Crippen LogP contribution in [0.4, 0.5) is 5.69 Å². The molecule has 1 aliphatic rings. The van der Waals surface area contributed by atoms with Gasteiger partial charge >= 0.3 is 0 Å². The topological polar surface area (TPSA) is 53.1 Å². The van der Waals surface area contributed by atoms with Crippen LogP contribution in [0.2, 0.25) is 0 Å². The number of benzene rings is 1. The number of rotatable bonds is 3. The first-order valence-electron chi connectivity index (χ1n) is 6.36. The molecular formula is C14H21N3. The molecule has 0 amide bonds. The summed E-state index contributed by atoms with van der Waals surface area (Å²) in [7, 11) is 2.17. The number of amidine groups is 1. The maximum atomic E-state index is 7.37. The first kappa shape index (κ1) is 12.0. The smallest absolute Gasteiger partial charge is 0.122 e. The number of anilines is 1. The number of nitrogens with two attached hydrogens (primary N) is 1. The van der Waals surface area contributed by atoms with Gasteiger partial charge in [-0.25, -0.2) is 0 Å². The molecule has 3 heteroatoms. The fourth-order valence-electron chi connectivity index (χ4n) is 2.56. The molecule has 1 aromatic rings. The summed E-state index contributed by atoms with van der Waals surface area (Å²) < 4.78 is 0. The van der Waals surface area contributed by atoms with Gasteiger partial charge in [0.1, 0.15) is 5.84 Å². The SMILES string of the molecule is CN(c1ccc(C(=N)N)cc1)C1CCCCC1. The molecule has 17 heavy (non-hydrogen) atoms. The highest BCUT2D eigenvalue weighted by atomic mass is 15.1.